The molecule has 1 aliphatic heterocycles. The number of aliphatic hydroxyl groups is 1. The third-order valence-corrected chi connectivity index (χ3v) is 6.44. The molecule has 1 amide bonds. The van der Waals surface area contributed by atoms with Gasteiger partial charge in [0.25, 0.3) is 5.91 Å². The number of thioether (sulfide) groups is 1. The summed E-state index contributed by atoms with van der Waals surface area (Å²) in [5.41, 5.74) is 1.19. The van der Waals surface area contributed by atoms with Crippen LogP contribution >= 0.6 is 11.8 Å². The zero-order chi connectivity index (χ0) is 27.1. The zero-order valence-electron chi connectivity index (χ0n) is 20.6. The highest BCUT2D eigenvalue weighted by Gasteiger charge is 2.34. The number of hydrogen-bond donors (Lipinski definition) is 1. The lowest BCUT2D eigenvalue weighted by Crippen LogP contribution is -2.14. The quantitative estimate of drug-likeness (QED) is 0.349. The molecule has 3 aromatic carbocycles. The number of aliphatic imine (C=N–C) groups is 1. The largest absolute Gasteiger partial charge is 0.506 e. The molecule has 1 heterocycles. The van der Waals surface area contributed by atoms with Crippen molar-refractivity contribution in [3.05, 3.63) is 112 Å². The average Bonchev–Trinajstić information content (AvgIpc) is 3.23. The van der Waals surface area contributed by atoms with Crippen LogP contribution in [0, 0.1) is 5.82 Å². The number of carbonyl (C=O) groups excluding carboxylic acids is 2. The highest BCUT2D eigenvalue weighted by atomic mass is 32.2. The summed E-state index contributed by atoms with van der Waals surface area (Å²) in [5.74, 6) is -1.25. The maximum Gasteiger partial charge on any atom is 0.344 e. The zero-order valence-corrected chi connectivity index (χ0v) is 21.5. The van der Waals surface area contributed by atoms with Gasteiger partial charge in [-0.15, -0.1) is 0 Å². The monoisotopic (exact) mass is 533 g/mol. The van der Waals surface area contributed by atoms with Crippen LogP contribution in [-0.4, -0.2) is 35.7 Å². The number of hydrogen-bond acceptors (Lipinski definition) is 7. The Morgan fingerprint density at radius 1 is 1.03 bits per heavy atom. The smallest absolute Gasteiger partial charge is 0.344 e. The fourth-order valence-corrected chi connectivity index (χ4v) is 4.56. The Hall–Kier alpha value is -4.37. The Morgan fingerprint density at radius 2 is 1.76 bits per heavy atom. The number of esters is 1. The number of halogens is 1. The second-order valence-corrected chi connectivity index (χ2v) is 8.96. The second-order valence-electron chi connectivity index (χ2n) is 7.93. The maximum absolute atomic E-state index is 13.9. The van der Waals surface area contributed by atoms with Gasteiger partial charge in [-0.05, 0) is 48.9 Å². The molecule has 1 aliphatic rings. The van der Waals surface area contributed by atoms with E-state index in [0.717, 1.165) is 11.8 Å². The third kappa shape index (κ3) is 6.12. The summed E-state index contributed by atoms with van der Waals surface area (Å²) in [5, 5.41) is 10.9. The molecule has 0 aromatic heterocycles. The highest BCUT2D eigenvalue weighted by molar-refractivity contribution is 8.18. The van der Waals surface area contributed by atoms with Gasteiger partial charge < -0.3 is 19.3 Å². The molecule has 0 unspecified atom stereocenters. The standard InChI is InChI=1S/C29H24FNO6S/c1-3-36-29(34)25-26(32)24(38-28(25)31-27(33)19-9-5-4-6-10-19)16-18-13-14-22(23(15-18)35-2)37-17-20-11-7-8-12-21(20)30/h4-16,32H,3,17H2,1-2H3/b24-16-,31-28?. The first kappa shape index (κ1) is 26.7. The Kier molecular flexibility index (Phi) is 8.60. The van der Waals surface area contributed by atoms with Crippen molar-refractivity contribution in [2.45, 2.75) is 13.5 Å². The molecule has 0 radical (unpaired) electrons. The molecule has 0 atom stereocenters. The number of amides is 1. The highest BCUT2D eigenvalue weighted by Crippen LogP contribution is 2.40. The maximum atomic E-state index is 13.9. The van der Waals surface area contributed by atoms with Crippen LogP contribution in [0.3, 0.4) is 0 Å². The van der Waals surface area contributed by atoms with Gasteiger partial charge in [0, 0.05) is 11.1 Å². The molecule has 3 aromatic rings. The van der Waals surface area contributed by atoms with Gasteiger partial charge in [0.05, 0.1) is 18.6 Å². The topological polar surface area (TPSA) is 94.4 Å². The van der Waals surface area contributed by atoms with Gasteiger partial charge in [-0.1, -0.05) is 54.2 Å². The van der Waals surface area contributed by atoms with Gasteiger partial charge in [-0.25, -0.2) is 14.2 Å². The average molecular weight is 534 g/mol. The fraction of sp³-hybridized carbons (Fsp3) is 0.138. The minimum Gasteiger partial charge on any atom is -0.506 e. The van der Waals surface area contributed by atoms with Crippen molar-refractivity contribution >= 4 is 34.8 Å². The lowest BCUT2D eigenvalue weighted by atomic mass is 10.1. The molecule has 7 nitrogen and oxygen atoms in total. The summed E-state index contributed by atoms with van der Waals surface area (Å²) in [6.07, 6.45) is 1.62. The van der Waals surface area contributed by atoms with E-state index in [0.29, 0.717) is 33.1 Å². The number of carbonyl (C=O) groups is 2. The Morgan fingerprint density at radius 3 is 2.47 bits per heavy atom. The van der Waals surface area contributed by atoms with Crippen molar-refractivity contribution in [3.63, 3.8) is 0 Å². The molecule has 194 valence electrons. The number of ether oxygens (including phenoxy) is 3. The number of nitrogens with zero attached hydrogens (tertiary/aromatic N) is 1. The van der Waals surface area contributed by atoms with Crippen LogP contribution in [-0.2, 0) is 16.1 Å². The van der Waals surface area contributed by atoms with Gasteiger partial charge in [0.1, 0.15) is 28.8 Å². The molecule has 0 saturated carbocycles. The van der Waals surface area contributed by atoms with Crippen molar-refractivity contribution in [1.29, 1.82) is 0 Å². The van der Waals surface area contributed by atoms with Crippen molar-refractivity contribution in [3.8, 4) is 11.5 Å². The van der Waals surface area contributed by atoms with Crippen molar-refractivity contribution in [2.24, 2.45) is 4.99 Å². The van der Waals surface area contributed by atoms with Gasteiger partial charge in [0.2, 0.25) is 0 Å². The number of aliphatic hydroxyl groups excluding tert-OH is 1. The summed E-state index contributed by atoms with van der Waals surface area (Å²) in [4.78, 5) is 29.7. The summed E-state index contributed by atoms with van der Waals surface area (Å²) in [7, 11) is 1.47. The van der Waals surface area contributed by atoms with Crippen LogP contribution in [0.5, 0.6) is 11.5 Å². The van der Waals surface area contributed by atoms with E-state index >= 15 is 0 Å². The van der Waals surface area contributed by atoms with Gasteiger partial charge in [0.15, 0.2) is 11.5 Å². The van der Waals surface area contributed by atoms with Gasteiger partial charge >= 0.3 is 5.97 Å². The Balaban J connectivity index is 1.62. The Bertz CT molecular complexity index is 1450. The van der Waals surface area contributed by atoms with Crippen LogP contribution in [0.15, 0.2) is 94.0 Å². The summed E-state index contributed by atoms with van der Waals surface area (Å²) < 4.78 is 30.2. The molecule has 0 bridgehead atoms. The summed E-state index contributed by atoms with van der Waals surface area (Å²) >= 11 is 0.977. The molecule has 9 heteroatoms. The molecule has 4 rings (SSSR count). The van der Waals surface area contributed by atoms with Crippen molar-refractivity contribution in [2.75, 3.05) is 13.7 Å². The molecular formula is C29H24FNO6S. The third-order valence-electron chi connectivity index (χ3n) is 5.42. The predicted octanol–water partition coefficient (Wildman–Crippen LogP) is 6.12. The molecular weight excluding hydrogens is 509 g/mol. The van der Waals surface area contributed by atoms with Gasteiger partial charge in [-0.3, -0.25) is 4.79 Å². The second kappa shape index (κ2) is 12.2. The van der Waals surface area contributed by atoms with Crippen LogP contribution in [0.1, 0.15) is 28.4 Å². The normalized spacial score (nSPS) is 15.1. The Labute approximate surface area is 223 Å². The molecule has 1 N–H and O–H groups in total. The van der Waals surface area contributed by atoms with E-state index in [1.54, 1.807) is 79.7 Å². The lowest BCUT2D eigenvalue weighted by Gasteiger charge is -2.12. The van der Waals surface area contributed by atoms with E-state index in [1.165, 1.54) is 13.2 Å². The van der Waals surface area contributed by atoms with Crippen molar-refractivity contribution in [1.82, 2.24) is 0 Å². The predicted molar refractivity (Wildman–Crippen MR) is 144 cm³/mol. The van der Waals surface area contributed by atoms with Gasteiger partial charge in [-0.2, -0.15) is 0 Å². The van der Waals surface area contributed by atoms with Crippen LogP contribution in [0.25, 0.3) is 6.08 Å². The minimum absolute atomic E-state index is 0.0149. The first-order valence-electron chi connectivity index (χ1n) is 11.6. The fourth-order valence-electron chi connectivity index (χ4n) is 3.54. The molecule has 38 heavy (non-hydrogen) atoms. The lowest BCUT2D eigenvalue weighted by molar-refractivity contribution is -0.138. The SMILES string of the molecule is CCOC(=O)C1=C(O)/C(=C/c2ccc(OCc3ccccc3F)c(OC)c2)SC1=NC(=O)c1ccccc1. The molecule has 0 saturated heterocycles. The molecule has 0 fully saturated rings. The van der Waals surface area contributed by atoms with E-state index in [9.17, 15) is 19.1 Å². The summed E-state index contributed by atoms with van der Waals surface area (Å²) in [6, 6.07) is 19.8. The van der Waals surface area contributed by atoms with Crippen LogP contribution in [0.2, 0.25) is 0 Å². The first-order chi connectivity index (χ1) is 18.4. The number of benzene rings is 3. The van der Waals surface area contributed by atoms with E-state index in [2.05, 4.69) is 4.99 Å². The van der Waals surface area contributed by atoms with E-state index < -0.39 is 11.9 Å². The van der Waals surface area contributed by atoms with Crippen molar-refractivity contribution < 1.29 is 33.3 Å². The van der Waals surface area contributed by atoms with E-state index in [1.807, 2.05) is 0 Å². The van der Waals surface area contributed by atoms with E-state index in [4.69, 9.17) is 14.2 Å². The molecule has 0 aliphatic carbocycles. The molecule has 0 spiro atoms. The van der Waals surface area contributed by atoms with E-state index in [-0.39, 0.29) is 35.4 Å². The van der Waals surface area contributed by atoms with Crippen LogP contribution in [0.4, 0.5) is 4.39 Å². The number of rotatable bonds is 8. The van der Waals surface area contributed by atoms with Crippen LogP contribution < -0.4 is 9.47 Å². The number of methoxy groups -OCH3 is 1. The first-order valence-corrected chi connectivity index (χ1v) is 12.5. The minimum atomic E-state index is -0.782. The summed E-state index contributed by atoms with van der Waals surface area (Å²) in [6.45, 7) is 1.74.